The predicted octanol–water partition coefficient (Wildman–Crippen LogP) is 2.94. The molecule has 0 unspecified atom stereocenters. The highest BCUT2D eigenvalue weighted by Crippen LogP contribution is 2.37. The van der Waals surface area contributed by atoms with Crippen LogP contribution in [0.5, 0.6) is 17.2 Å². The van der Waals surface area contributed by atoms with Gasteiger partial charge in [-0.15, -0.1) is 0 Å². The molecular formula is C22H14O7. The van der Waals surface area contributed by atoms with E-state index in [1.807, 2.05) is 0 Å². The second-order valence-electron chi connectivity index (χ2n) is 6.52. The van der Waals surface area contributed by atoms with Gasteiger partial charge in [0, 0.05) is 11.1 Å². The van der Waals surface area contributed by atoms with E-state index >= 15 is 0 Å². The lowest BCUT2D eigenvalue weighted by Crippen LogP contribution is -2.21. The van der Waals surface area contributed by atoms with Gasteiger partial charge in [-0.3, -0.25) is 9.59 Å². The molecule has 0 aromatic heterocycles. The van der Waals surface area contributed by atoms with E-state index in [2.05, 4.69) is 0 Å². The highest BCUT2D eigenvalue weighted by molar-refractivity contribution is 6.30. The number of phenolic OH excluding ortho intramolecular Hbond substituents is 3. The molecule has 0 saturated heterocycles. The van der Waals surface area contributed by atoms with Crippen LogP contribution >= 0.6 is 0 Å². The van der Waals surface area contributed by atoms with Crippen molar-refractivity contribution in [3.63, 3.8) is 0 Å². The summed E-state index contributed by atoms with van der Waals surface area (Å²) in [5.41, 5.74) is 0.215. The Balaban J connectivity index is 1.64. The van der Waals surface area contributed by atoms with Crippen LogP contribution < -0.4 is 0 Å². The maximum absolute atomic E-state index is 12.8. The highest BCUT2D eigenvalue weighted by atomic mass is 16.5. The van der Waals surface area contributed by atoms with Gasteiger partial charge < -0.3 is 20.1 Å². The van der Waals surface area contributed by atoms with Gasteiger partial charge >= 0.3 is 5.97 Å². The van der Waals surface area contributed by atoms with E-state index in [0.717, 1.165) is 0 Å². The fourth-order valence-electron chi connectivity index (χ4n) is 3.25. The maximum atomic E-state index is 12.8. The van der Waals surface area contributed by atoms with Crippen molar-refractivity contribution in [2.24, 2.45) is 0 Å². The minimum atomic E-state index is -0.655. The zero-order valence-electron chi connectivity index (χ0n) is 14.9. The summed E-state index contributed by atoms with van der Waals surface area (Å²) in [6.45, 7) is -0.241. The van der Waals surface area contributed by atoms with Crippen molar-refractivity contribution in [1.82, 2.24) is 0 Å². The second-order valence-corrected chi connectivity index (χ2v) is 6.52. The van der Waals surface area contributed by atoms with Crippen molar-refractivity contribution in [2.75, 3.05) is 0 Å². The van der Waals surface area contributed by atoms with Crippen molar-refractivity contribution in [1.29, 1.82) is 0 Å². The molecule has 0 bridgehead atoms. The van der Waals surface area contributed by atoms with E-state index in [0.29, 0.717) is 5.56 Å². The zero-order valence-corrected chi connectivity index (χ0v) is 14.9. The molecule has 0 amide bonds. The second kappa shape index (κ2) is 6.79. The lowest BCUT2D eigenvalue weighted by molar-refractivity contribution is 0.0472. The molecule has 0 fully saturated rings. The summed E-state index contributed by atoms with van der Waals surface area (Å²) >= 11 is 0. The lowest BCUT2D eigenvalue weighted by atomic mass is 9.82. The Morgan fingerprint density at radius 1 is 0.793 bits per heavy atom. The number of carbonyl (C=O) groups is 3. The number of hydrogen-bond donors (Lipinski definition) is 3. The van der Waals surface area contributed by atoms with Crippen molar-refractivity contribution < 1.29 is 34.4 Å². The Morgan fingerprint density at radius 2 is 1.48 bits per heavy atom. The third-order valence-corrected chi connectivity index (χ3v) is 4.64. The number of rotatable bonds is 3. The molecule has 0 atom stereocenters. The van der Waals surface area contributed by atoms with Gasteiger partial charge in [-0.2, -0.15) is 0 Å². The quantitative estimate of drug-likeness (QED) is 0.460. The minimum Gasteiger partial charge on any atom is -0.508 e. The van der Waals surface area contributed by atoms with Gasteiger partial charge in [-0.25, -0.2) is 4.79 Å². The molecule has 1 aliphatic rings. The van der Waals surface area contributed by atoms with Gasteiger partial charge in [0.05, 0.1) is 16.7 Å². The molecule has 7 nitrogen and oxygen atoms in total. The first kappa shape index (κ1) is 18.2. The molecule has 29 heavy (non-hydrogen) atoms. The Morgan fingerprint density at radius 3 is 2.21 bits per heavy atom. The molecule has 7 heteroatoms. The number of fused-ring (bicyclic) bond motifs is 2. The van der Waals surface area contributed by atoms with Gasteiger partial charge in [-0.1, -0.05) is 12.1 Å². The summed E-state index contributed by atoms with van der Waals surface area (Å²) in [7, 11) is 0. The Labute approximate surface area is 164 Å². The number of carbonyl (C=O) groups excluding carboxylic acids is 3. The number of hydrogen-bond acceptors (Lipinski definition) is 7. The summed E-state index contributed by atoms with van der Waals surface area (Å²) in [6, 6.07) is 12.3. The monoisotopic (exact) mass is 390 g/mol. The number of esters is 1. The van der Waals surface area contributed by atoms with Crippen LogP contribution in [-0.2, 0) is 11.3 Å². The molecule has 0 aliphatic heterocycles. The fraction of sp³-hybridized carbons (Fsp3) is 0.0455. The number of phenols is 3. The van der Waals surface area contributed by atoms with Crippen molar-refractivity contribution in [3.05, 3.63) is 88.0 Å². The van der Waals surface area contributed by atoms with Crippen LogP contribution in [-0.4, -0.2) is 32.9 Å². The molecule has 0 heterocycles. The van der Waals surface area contributed by atoms with E-state index in [1.54, 1.807) is 0 Å². The first-order valence-corrected chi connectivity index (χ1v) is 8.60. The molecule has 0 spiro atoms. The number of aromatic hydroxyl groups is 3. The van der Waals surface area contributed by atoms with E-state index in [9.17, 15) is 29.7 Å². The van der Waals surface area contributed by atoms with Gasteiger partial charge in [0.2, 0.25) is 5.78 Å². The number of ether oxygens (including phenoxy) is 1. The Kier molecular flexibility index (Phi) is 4.27. The normalized spacial score (nSPS) is 12.3. The molecule has 144 valence electrons. The first-order chi connectivity index (χ1) is 13.9. The molecule has 1 aliphatic carbocycles. The molecule has 0 saturated carbocycles. The summed E-state index contributed by atoms with van der Waals surface area (Å²) in [5, 5.41) is 29.6. The van der Waals surface area contributed by atoms with Crippen LogP contribution in [0.4, 0.5) is 0 Å². The molecule has 3 N–H and O–H groups in total. The van der Waals surface area contributed by atoms with Crippen LogP contribution in [0.3, 0.4) is 0 Å². The van der Waals surface area contributed by atoms with Gasteiger partial charge in [-0.05, 0) is 48.0 Å². The van der Waals surface area contributed by atoms with Crippen molar-refractivity contribution in [2.45, 2.75) is 6.61 Å². The Hall–Kier alpha value is -4.13. The highest BCUT2D eigenvalue weighted by Gasteiger charge is 2.34. The van der Waals surface area contributed by atoms with Crippen LogP contribution in [0.1, 0.15) is 47.8 Å². The Bertz CT molecular complexity index is 1180. The number of benzene rings is 3. The largest absolute Gasteiger partial charge is 0.508 e. The third kappa shape index (κ3) is 3.08. The topological polar surface area (TPSA) is 121 Å². The number of ketones is 2. The predicted molar refractivity (Wildman–Crippen MR) is 100 cm³/mol. The van der Waals surface area contributed by atoms with Gasteiger partial charge in [0.25, 0.3) is 0 Å². The zero-order chi connectivity index (χ0) is 20.7. The fourth-order valence-corrected chi connectivity index (χ4v) is 3.25. The van der Waals surface area contributed by atoms with Gasteiger partial charge in [0.1, 0.15) is 23.9 Å². The van der Waals surface area contributed by atoms with Crippen LogP contribution in [0.2, 0.25) is 0 Å². The average molecular weight is 390 g/mol. The standard InChI is InChI=1S/C22H14O7/c23-13-6-4-12(5-7-13)22(28)29-10-11-8-15-19(17(25)9-11)21(27)18-14(20(15)26)2-1-3-16(18)24/h1-9,23-25H,10H2. The van der Waals surface area contributed by atoms with Crippen LogP contribution in [0, 0.1) is 0 Å². The van der Waals surface area contributed by atoms with Crippen LogP contribution in [0.15, 0.2) is 54.6 Å². The summed E-state index contributed by atoms with van der Waals surface area (Å²) in [5.74, 6) is -2.59. The van der Waals surface area contributed by atoms with E-state index in [4.69, 9.17) is 4.74 Å². The molecule has 3 aromatic rings. The average Bonchev–Trinajstić information content (AvgIpc) is 2.70. The van der Waals surface area contributed by atoms with E-state index in [-0.39, 0.29) is 45.9 Å². The van der Waals surface area contributed by atoms with Gasteiger partial charge in [0.15, 0.2) is 5.78 Å². The van der Waals surface area contributed by atoms with E-state index in [1.165, 1.54) is 54.6 Å². The molecular weight excluding hydrogens is 376 g/mol. The molecule has 0 radical (unpaired) electrons. The summed E-state index contributed by atoms with van der Waals surface area (Å²) < 4.78 is 5.18. The summed E-state index contributed by atoms with van der Waals surface area (Å²) in [4.78, 5) is 37.6. The van der Waals surface area contributed by atoms with Crippen LogP contribution in [0.25, 0.3) is 0 Å². The molecule has 3 aromatic carbocycles. The lowest BCUT2D eigenvalue weighted by Gasteiger charge is -2.20. The van der Waals surface area contributed by atoms with Crippen molar-refractivity contribution in [3.8, 4) is 17.2 Å². The SMILES string of the molecule is O=C(OCc1cc(O)c2c(c1)C(=O)c1cccc(O)c1C2=O)c1ccc(O)cc1. The van der Waals surface area contributed by atoms with Crippen molar-refractivity contribution >= 4 is 17.5 Å². The first-order valence-electron chi connectivity index (χ1n) is 8.60. The smallest absolute Gasteiger partial charge is 0.338 e. The summed E-state index contributed by atoms with van der Waals surface area (Å²) in [6.07, 6.45) is 0. The minimum absolute atomic E-state index is 0.00987. The third-order valence-electron chi connectivity index (χ3n) is 4.64. The maximum Gasteiger partial charge on any atom is 0.338 e. The van der Waals surface area contributed by atoms with E-state index < -0.39 is 23.3 Å². The molecule has 4 rings (SSSR count).